The van der Waals surface area contributed by atoms with Crippen LogP contribution in [0.3, 0.4) is 0 Å². The van der Waals surface area contributed by atoms with Crippen LogP contribution in [0.15, 0.2) is 18.2 Å². The minimum Gasteiger partial charge on any atom is -0.382 e. The Morgan fingerprint density at radius 1 is 1.17 bits per heavy atom. The lowest BCUT2D eigenvalue weighted by Crippen LogP contribution is -2.27. The summed E-state index contributed by atoms with van der Waals surface area (Å²) < 4.78 is 13.2. The molecular weight excluding hydrogens is 225 g/mol. The van der Waals surface area contributed by atoms with Gasteiger partial charge >= 0.3 is 0 Å². The lowest BCUT2D eigenvalue weighted by Gasteiger charge is -2.32. The Morgan fingerprint density at radius 2 is 1.83 bits per heavy atom. The summed E-state index contributed by atoms with van der Waals surface area (Å²) in [5, 5.41) is 3.54. The van der Waals surface area contributed by atoms with E-state index in [-0.39, 0.29) is 5.82 Å². The first-order valence-electron chi connectivity index (χ1n) is 7.09. The molecule has 2 heteroatoms. The zero-order valence-electron chi connectivity index (χ0n) is 11.7. The molecule has 0 radical (unpaired) electrons. The fourth-order valence-electron chi connectivity index (χ4n) is 2.90. The van der Waals surface area contributed by atoms with Crippen LogP contribution >= 0.6 is 0 Å². The molecule has 1 saturated carbocycles. The Balaban J connectivity index is 1.89. The van der Waals surface area contributed by atoms with Crippen molar-refractivity contribution in [3.63, 3.8) is 0 Å². The van der Waals surface area contributed by atoms with Gasteiger partial charge in [-0.2, -0.15) is 0 Å². The first-order valence-corrected chi connectivity index (χ1v) is 7.09. The topological polar surface area (TPSA) is 12.0 Å². The van der Waals surface area contributed by atoms with Gasteiger partial charge < -0.3 is 5.32 Å². The number of anilines is 1. The lowest BCUT2D eigenvalue weighted by atomic mass is 9.79. The van der Waals surface area contributed by atoms with Crippen LogP contribution in [0.25, 0.3) is 0 Å². The number of aryl methyl sites for hydroxylation is 1. The molecule has 0 unspecified atom stereocenters. The number of rotatable bonds is 3. The third-order valence-electron chi connectivity index (χ3n) is 4.24. The Morgan fingerprint density at radius 3 is 2.39 bits per heavy atom. The molecule has 2 rings (SSSR count). The Bertz CT molecular complexity index is 392. The average molecular weight is 249 g/mol. The van der Waals surface area contributed by atoms with Crippen LogP contribution in [-0.2, 0) is 0 Å². The second kappa shape index (κ2) is 5.73. The van der Waals surface area contributed by atoms with Gasteiger partial charge in [0.25, 0.3) is 0 Å². The van der Waals surface area contributed by atoms with Crippen molar-refractivity contribution in [1.29, 1.82) is 0 Å². The molecule has 0 aliphatic heterocycles. The van der Waals surface area contributed by atoms with Gasteiger partial charge in [-0.1, -0.05) is 13.8 Å². The van der Waals surface area contributed by atoms with Crippen LogP contribution in [0.4, 0.5) is 10.1 Å². The van der Waals surface area contributed by atoms with Crippen LogP contribution in [0, 0.1) is 24.6 Å². The minimum absolute atomic E-state index is 0.121. The highest BCUT2D eigenvalue weighted by atomic mass is 19.1. The average Bonchev–Trinajstić information content (AvgIpc) is 2.34. The van der Waals surface area contributed by atoms with Gasteiger partial charge in [-0.25, -0.2) is 4.39 Å². The molecule has 0 bridgehead atoms. The molecule has 18 heavy (non-hydrogen) atoms. The highest BCUT2D eigenvalue weighted by Crippen LogP contribution is 2.31. The fraction of sp³-hybridized carbons (Fsp3) is 0.625. The summed E-state index contributed by atoms with van der Waals surface area (Å²) in [6, 6.07) is 5.86. The van der Waals surface area contributed by atoms with E-state index in [1.807, 2.05) is 19.1 Å². The van der Waals surface area contributed by atoms with E-state index in [1.54, 1.807) is 6.07 Å². The largest absolute Gasteiger partial charge is 0.382 e. The summed E-state index contributed by atoms with van der Waals surface area (Å²) in [4.78, 5) is 0. The van der Waals surface area contributed by atoms with Crippen molar-refractivity contribution in [3.8, 4) is 0 Å². The lowest BCUT2D eigenvalue weighted by molar-refractivity contribution is 0.267. The monoisotopic (exact) mass is 249 g/mol. The van der Waals surface area contributed by atoms with E-state index in [1.165, 1.54) is 25.7 Å². The molecule has 0 saturated heterocycles. The van der Waals surface area contributed by atoms with Crippen LogP contribution in [0.2, 0.25) is 0 Å². The van der Waals surface area contributed by atoms with Gasteiger partial charge in [0.1, 0.15) is 5.82 Å². The van der Waals surface area contributed by atoms with Crippen LogP contribution in [-0.4, -0.2) is 6.04 Å². The molecular formula is C16H24FN. The van der Waals surface area contributed by atoms with E-state index in [9.17, 15) is 4.39 Å². The predicted octanol–water partition coefficient (Wildman–Crippen LogP) is 4.76. The molecule has 0 heterocycles. The van der Waals surface area contributed by atoms with Crippen molar-refractivity contribution >= 4 is 5.69 Å². The first-order chi connectivity index (χ1) is 8.56. The van der Waals surface area contributed by atoms with E-state index < -0.39 is 0 Å². The van der Waals surface area contributed by atoms with Gasteiger partial charge in [0.05, 0.1) is 0 Å². The Labute approximate surface area is 110 Å². The number of hydrogen-bond donors (Lipinski definition) is 1. The normalized spacial score (nSPS) is 24.3. The zero-order valence-corrected chi connectivity index (χ0v) is 11.7. The molecule has 1 nitrogen and oxygen atoms in total. The molecule has 0 amide bonds. The van der Waals surface area contributed by atoms with Crippen LogP contribution < -0.4 is 5.32 Å². The molecule has 100 valence electrons. The molecule has 1 aromatic rings. The second-order valence-corrected chi connectivity index (χ2v) is 5.96. The Hall–Kier alpha value is -1.05. The fourth-order valence-corrected chi connectivity index (χ4v) is 2.90. The summed E-state index contributed by atoms with van der Waals surface area (Å²) >= 11 is 0. The number of benzene rings is 1. The van der Waals surface area contributed by atoms with Gasteiger partial charge in [0, 0.05) is 11.7 Å². The van der Waals surface area contributed by atoms with Gasteiger partial charge in [-0.3, -0.25) is 0 Å². The summed E-state index contributed by atoms with van der Waals surface area (Å²) in [5.41, 5.74) is 1.78. The summed E-state index contributed by atoms with van der Waals surface area (Å²) in [6.45, 7) is 6.46. The zero-order chi connectivity index (χ0) is 13.1. The van der Waals surface area contributed by atoms with Crippen molar-refractivity contribution in [2.75, 3.05) is 5.32 Å². The van der Waals surface area contributed by atoms with Crippen molar-refractivity contribution in [3.05, 3.63) is 29.6 Å². The standard InChI is InChI=1S/C16H24FN/c1-11(2)13-4-6-14(7-5-13)18-15-8-9-16(17)12(3)10-15/h8-11,13-14,18H,4-7H2,1-3H3. The smallest absolute Gasteiger partial charge is 0.126 e. The van der Waals surface area contributed by atoms with Crippen molar-refractivity contribution in [2.24, 2.45) is 11.8 Å². The molecule has 1 aliphatic rings. The maximum Gasteiger partial charge on any atom is 0.126 e. The third-order valence-corrected chi connectivity index (χ3v) is 4.24. The van der Waals surface area contributed by atoms with E-state index in [4.69, 9.17) is 0 Å². The summed E-state index contributed by atoms with van der Waals surface area (Å²) in [5.74, 6) is 1.57. The molecule has 0 spiro atoms. The summed E-state index contributed by atoms with van der Waals surface area (Å²) in [7, 11) is 0. The molecule has 0 aromatic heterocycles. The second-order valence-electron chi connectivity index (χ2n) is 5.96. The number of halogens is 1. The highest BCUT2D eigenvalue weighted by molar-refractivity contribution is 5.46. The number of hydrogen-bond acceptors (Lipinski definition) is 1. The van der Waals surface area contributed by atoms with E-state index in [2.05, 4.69) is 19.2 Å². The number of nitrogens with one attached hydrogen (secondary N) is 1. The molecule has 0 atom stereocenters. The van der Waals surface area contributed by atoms with Crippen LogP contribution in [0.1, 0.15) is 45.1 Å². The van der Waals surface area contributed by atoms with Gasteiger partial charge in [-0.05, 0) is 68.2 Å². The van der Waals surface area contributed by atoms with E-state index in [0.717, 1.165) is 23.1 Å². The van der Waals surface area contributed by atoms with Gasteiger partial charge in [0.2, 0.25) is 0 Å². The predicted molar refractivity (Wildman–Crippen MR) is 75.3 cm³/mol. The van der Waals surface area contributed by atoms with Crippen LogP contribution in [0.5, 0.6) is 0 Å². The Kier molecular flexibility index (Phi) is 4.26. The highest BCUT2D eigenvalue weighted by Gasteiger charge is 2.22. The van der Waals surface area contributed by atoms with E-state index >= 15 is 0 Å². The van der Waals surface area contributed by atoms with E-state index in [0.29, 0.717) is 6.04 Å². The van der Waals surface area contributed by atoms with Crippen molar-refractivity contribution < 1.29 is 4.39 Å². The molecule has 1 aliphatic carbocycles. The maximum atomic E-state index is 13.2. The summed E-state index contributed by atoms with van der Waals surface area (Å²) in [6.07, 6.45) is 5.10. The quantitative estimate of drug-likeness (QED) is 0.814. The van der Waals surface area contributed by atoms with Crippen molar-refractivity contribution in [1.82, 2.24) is 0 Å². The molecule has 1 aromatic carbocycles. The SMILES string of the molecule is Cc1cc(NC2CCC(C(C)C)CC2)ccc1F. The third kappa shape index (κ3) is 3.24. The minimum atomic E-state index is -0.121. The van der Waals surface area contributed by atoms with Gasteiger partial charge in [0.15, 0.2) is 0 Å². The maximum absolute atomic E-state index is 13.2. The molecule has 1 N–H and O–H groups in total. The van der Waals surface area contributed by atoms with Gasteiger partial charge in [-0.15, -0.1) is 0 Å². The molecule has 1 fully saturated rings. The van der Waals surface area contributed by atoms with Crippen molar-refractivity contribution in [2.45, 2.75) is 52.5 Å². The first kappa shape index (κ1) is 13.4.